The second-order valence-corrected chi connectivity index (χ2v) is 5.76. The molecule has 2 rings (SSSR count). The third-order valence-electron chi connectivity index (χ3n) is 5.18. The first kappa shape index (κ1) is 10.9. The van der Waals surface area contributed by atoms with Crippen molar-refractivity contribution in [1.29, 1.82) is 0 Å². The van der Waals surface area contributed by atoms with Crippen LogP contribution in [0, 0.1) is 16.7 Å². The average Bonchev–Trinajstić information content (AvgIpc) is 2.49. The molecule has 0 saturated heterocycles. The lowest BCUT2D eigenvalue weighted by atomic mass is 9.63. The van der Waals surface area contributed by atoms with Crippen LogP contribution >= 0.6 is 0 Å². The van der Waals surface area contributed by atoms with Crippen LogP contribution in [0.4, 0.5) is 0 Å². The molecule has 0 aromatic rings. The van der Waals surface area contributed by atoms with Crippen molar-refractivity contribution in [3.8, 4) is 0 Å². The van der Waals surface area contributed by atoms with Crippen molar-refractivity contribution in [1.82, 2.24) is 0 Å². The van der Waals surface area contributed by atoms with E-state index in [1.807, 2.05) is 25.2 Å². The van der Waals surface area contributed by atoms with Crippen molar-refractivity contribution < 1.29 is 5.11 Å². The molecular formula is C14H22O. The summed E-state index contributed by atoms with van der Waals surface area (Å²) in [7, 11) is 0. The summed E-state index contributed by atoms with van der Waals surface area (Å²) in [4.78, 5) is 0. The number of hydrogen-bond acceptors (Lipinski definition) is 1. The Morgan fingerprint density at radius 2 is 2.07 bits per heavy atom. The molecule has 0 aromatic carbocycles. The van der Waals surface area contributed by atoms with Crippen molar-refractivity contribution in [2.75, 3.05) is 0 Å². The molecular weight excluding hydrogens is 184 g/mol. The van der Waals surface area contributed by atoms with Crippen LogP contribution in [-0.4, -0.2) is 10.7 Å². The minimum atomic E-state index is -0.657. The zero-order valence-electron chi connectivity index (χ0n) is 10.1. The number of allylic oxidation sites excluding steroid dienone is 1. The van der Waals surface area contributed by atoms with Crippen LogP contribution in [0.25, 0.3) is 0 Å². The maximum absolute atomic E-state index is 10.8. The largest absolute Gasteiger partial charge is 0.385 e. The van der Waals surface area contributed by atoms with Gasteiger partial charge in [0.1, 0.15) is 0 Å². The lowest BCUT2D eigenvalue weighted by Crippen LogP contribution is -2.46. The molecule has 2 saturated carbocycles. The van der Waals surface area contributed by atoms with Crippen LogP contribution < -0.4 is 0 Å². The molecule has 0 heterocycles. The van der Waals surface area contributed by atoms with Crippen molar-refractivity contribution in [2.45, 2.75) is 45.6 Å². The highest BCUT2D eigenvalue weighted by atomic mass is 16.3. The molecule has 0 radical (unpaired) electrons. The van der Waals surface area contributed by atoms with Gasteiger partial charge in [0.05, 0.1) is 5.60 Å². The number of rotatable bonds is 2. The van der Waals surface area contributed by atoms with Gasteiger partial charge in [0.2, 0.25) is 0 Å². The Morgan fingerprint density at radius 1 is 1.40 bits per heavy atom. The monoisotopic (exact) mass is 206 g/mol. The maximum Gasteiger partial charge on any atom is 0.0925 e. The third kappa shape index (κ3) is 1.02. The van der Waals surface area contributed by atoms with E-state index in [1.165, 1.54) is 6.42 Å². The van der Waals surface area contributed by atoms with Gasteiger partial charge in [-0.25, -0.2) is 0 Å². The fourth-order valence-corrected chi connectivity index (χ4v) is 4.17. The van der Waals surface area contributed by atoms with Crippen molar-refractivity contribution >= 4 is 0 Å². The van der Waals surface area contributed by atoms with E-state index < -0.39 is 5.60 Å². The summed E-state index contributed by atoms with van der Waals surface area (Å²) in [5.41, 5.74) is -0.587. The van der Waals surface area contributed by atoms with Crippen molar-refractivity contribution in [3.63, 3.8) is 0 Å². The predicted molar refractivity (Wildman–Crippen MR) is 63.5 cm³/mol. The summed E-state index contributed by atoms with van der Waals surface area (Å²) in [6.45, 7) is 10.5. The van der Waals surface area contributed by atoms with Gasteiger partial charge in [0, 0.05) is 5.41 Å². The van der Waals surface area contributed by atoms with E-state index in [9.17, 15) is 5.11 Å². The molecule has 0 aliphatic heterocycles. The second-order valence-electron chi connectivity index (χ2n) is 5.76. The minimum Gasteiger partial charge on any atom is -0.385 e. The van der Waals surface area contributed by atoms with E-state index in [0.29, 0.717) is 5.92 Å². The van der Waals surface area contributed by atoms with Gasteiger partial charge in [-0.2, -0.15) is 0 Å². The predicted octanol–water partition coefficient (Wildman–Crippen LogP) is 3.31. The average molecular weight is 206 g/mol. The molecule has 15 heavy (non-hydrogen) atoms. The van der Waals surface area contributed by atoms with Crippen molar-refractivity contribution in [2.24, 2.45) is 16.7 Å². The molecule has 2 fully saturated rings. The molecule has 1 heteroatoms. The Morgan fingerprint density at radius 3 is 2.53 bits per heavy atom. The highest BCUT2D eigenvalue weighted by Gasteiger charge is 2.68. The van der Waals surface area contributed by atoms with Gasteiger partial charge in [-0.3, -0.25) is 0 Å². The van der Waals surface area contributed by atoms with Gasteiger partial charge < -0.3 is 5.11 Å². The van der Waals surface area contributed by atoms with Gasteiger partial charge in [-0.15, -0.1) is 6.58 Å². The smallest absolute Gasteiger partial charge is 0.0925 e. The molecule has 0 unspecified atom stereocenters. The Balaban J connectivity index is 2.53. The summed E-state index contributed by atoms with van der Waals surface area (Å²) in [6.07, 6.45) is 9.18. The second kappa shape index (κ2) is 2.98. The van der Waals surface area contributed by atoms with Crippen LogP contribution in [-0.2, 0) is 0 Å². The Kier molecular flexibility index (Phi) is 2.17. The zero-order valence-corrected chi connectivity index (χ0v) is 10.1. The van der Waals surface area contributed by atoms with Crippen LogP contribution in [0.2, 0.25) is 0 Å². The molecule has 0 aromatic heterocycles. The molecule has 2 aliphatic rings. The highest BCUT2D eigenvalue weighted by Crippen LogP contribution is 2.70. The molecule has 0 spiro atoms. The maximum atomic E-state index is 10.8. The number of fused-ring (bicyclic) bond motifs is 2. The molecule has 1 N–H and O–H groups in total. The van der Waals surface area contributed by atoms with Gasteiger partial charge in [-0.1, -0.05) is 32.1 Å². The van der Waals surface area contributed by atoms with Gasteiger partial charge in [0.25, 0.3) is 0 Å². The summed E-state index contributed by atoms with van der Waals surface area (Å²) in [5, 5.41) is 10.8. The Hall–Kier alpha value is -0.560. The topological polar surface area (TPSA) is 20.2 Å². The number of aliphatic hydroxyl groups is 1. The first-order valence-electron chi connectivity index (χ1n) is 5.93. The van der Waals surface area contributed by atoms with Crippen LogP contribution in [0.3, 0.4) is 0 Å². The molecule has 0 amide bonds. The zero-order chi connectivity index (χ0) is 11.3. The summed E-state index contributed by atoms with van der Waals surface area (Å²) >= 11 is 0. The molecule has 84 valence electrons. The normalized spacial score (nSPS) is 47.6. The molecule has 2 aliphatic carbocycles. The van der Waals surface area contributed by atoms with Gasteiger partial charge in [-0.05, 0) is 37.5 Å². The lowest BCUT2D eigenvalue weighted by molar-refractivity contribution is -0.0304. The van der Waals surface area contributed by atoms with Gasteiger partial charge >= 0.3 is 0 Å². The van der Waals surface area contributed by atoms with E-state index in [0.717, 1.165) is 12.8 Å². The molecule has 2 bridgehead atoms. The van der Waals surface area contributed by atoms with Crippen LogP contribution in [0.5, 0.6) is 0 Å². The van der Waals surface area contributed by atoms with E-state index in [1.54, 1.807) is 0 Å². The SMILES string of the molecule is C=C[C@@]12CC[C@@H](C[C@]1(O)/C=C\C)C2(C)C. The van der Waals surface area contributed by atoms with E-state index in [-0.39, 0.29) is 10.8 Å². The first-order chi connectivity index (χ1) is 6.93. The minimum absolute atomic E-state index is 0.114. The lowest BCUT2D eigenvalue weighted by Gasteiger charge is -2.44. The quantitative estimate of drug-likeness (QED) is 0.687. The summed E-state index contributed by atoms with van der Waals surface area (Å²) < 4.78 is 0. The molecule has 1 nitrogen and oxygen atoms in total. The first-order valence-corrected chi connectivity index (χ1v) is 5.93. The van der Waals surface area contributed by atoms with Crippen molar-refractivity contribution in [3.05, 3.63) is 24.8 Å². The standard InChI is InChI=1S/C14H22O/c1-5-8-14(15)10-11-7-9-13(14,6-2)12(11,3)4/h5-6,8,11,15H,2,7,9-10H2,1,3-4H3/b8-5-/t11-,13-,14+/m0/s1. The summed E-state index contributed by atoms with van der Waals surface area (Å²) in [6, 6.07) is 0. The fraction of sp³-hybridized carbons (Fsp3) is 0.714. The van der Waals surface area contributed by atoms with E-state index in [4.69, 9.17) is 0 Å². The number of hydrogen-bond donors (Lipinski definition) is 1. The van der Waals surface area contributed by atoms with E-state index >= 15 is 0 Å². The van der Waals surface area contributed by atoms with Crippen LogP contribution in [0.1, 0.15) is 40.0 Å². The highest BCUT2D eigenvalue weighted by molar-refractivity contribution is 5.30. The fourth-order valence-electron chi connectivity index (χ4n) is 4.17. The third-order valence-corrected chi connectivity index (χ3v) is 5.18. The summed E-state index contributed by atoms with van der Waals surface area (Å²) in [5.74, 6) is 0.636. The van der Waals surface area contributed by atoms with Gasteiger partial charge in [0.15, 0.2) is 0 Å². The van der Waals surface area contributed by atoms with E-state index in [2.05, 4.69) is 20.4 Å². The Labute approximate surface area is 92.9 Å². The Bertz CT molecular complexity index is 315. The van der Waals surface area contributed by atoms with Crippen LogP contribution in [0.15, 0.2) is 24.8 Å². The molecule has 3 atom stereocenters.